The van der Waals surface area contributed by atoms with Gasteiger partial charge in [-0.15, -0.1) is 0 Å². The molecule has 134 valence electrons. The first kappa shape index (κ1) is 17.6. The van der Waals surface area contributed by atoms with Crippen molar-refractivity contribution >= 4 is 17.7 Å². The Morgan fingerprint density at radius 3 is 2.23 bits per heavy atom. The lowest BCUT2D eigenvalue weighted by atomic mass is 10.1. The van der Waals surface area contributed by atoms with Gasteiger partial charge in [0.25, 0.3) is 11.8 Å². The third-order valence-corrected chi connectivity index (χ3v) is 4.08. The van der Waals surface area contributed by atoms with E-state index in [9.17, 15) is 18.8 Å². The topological polar surface area (TPSA) is 75.7 Å². The average molecular weight is 356 g/mol. The Morgan fingerprint density at radius 2 is 1.65 bits per heavy atom. The molecule has 3 amide bonds. The van der Waals surface area contributed by atoms with Gasteiger partial charge in [0.05, 0.1) is 17.7 Å². The summed E-state index contributed by atoms with van der Waals surface area (Å²) < 4.78 is 18.2. The lowest BCUT2D eigenvalue weighted by Gasteiger charge is -2.21. The smallest absolute Gasteiger partial charge is 0.262 e. The number of carbonyl (C=O) groups is 3. The van der Waals surface area contributed by atoms with Crippen LogP contribution in [0.15, 0.2) is 48.5 Å². The minimum Gasteiger partial charge on any atom is -0.492 e. The molecule has 0 fully saturated rings. The Morgan fingerprint density at radius 1 is 1.08 bits per heavy atom. The lowest BCUT2D eigenvalue weighted by molar-refractivity contribution is -0.124. The van der Waals surface area contributed by atoms with Gasteiger partial charge in [-0.2, -0.15) is 0 Å². The lowest BCUT2D eigenvalue weighted by Crippen LogP contribution is -2.48. The number of imide groups is 1. The van der Waals surface area contributed by atoms with E-state index in [1.807, 2.05) is 0 Å². The van der Waals surface area contributed by atoms with Crippen molar-refractivity contribution < 1.29 is 23.5 Å². The monoisotopic (exact) mass is 356 g/mol. The largest absolute Gasteiger partial charge is 0.492 e. The highest BCUT2D eigenvalue weighted by atomic mass is 19.1. The molecule has 6 nitrogen and oxygen atoms in total. The molecule has 0 aliphatic carbocycles. The zero-order valence-electron chi connectivity index (χ0n) is 14.1. The summed E-state index contributed by atoms with van der Waals surface area (Å²) in [5.74, 6) is -1.29. The fraction of sp³-hybridized carbons (Fsp3) is 0.211. The van der Waals surface area contributed by atoms with E-state index < -0.39 is 23.8 Å². The number of halogens is 1. The van der Waals surface area contributed by atoms with Crippen LogP contribution in [-0.4, -0.2) is 41.8 Å². The number of ether oxygens (including phenoxy) is 1. The summed E-state index contributed by atoms with van der Waals surface area (Å²) >= 11 is 0. The fourth-order valence-electron chi connectivity index (χ4n) is 2.70. The maximum atomic E-state index is 12.8. The molecule has 26 heavy (non-hydrogen) atoms. The normalized spacial score (nSPS) is 14.2. The van der Waals surface area contributed by atoms with Crippen LogP contribution in [0, 0.1) is 5.82 Å². The highest BCUT2D eigenvalue weighted by molar-refractivity contribution is 6.22. The van der Waals surface area contributed by atoms with Gasteiger partial charge < -0.3 is 10.1 Å². The van der Waals surface area contributed by atoms with Crippen LogP contribution in [0.2, 0.25) is 0 Å². The summed E-state index contributed by atoms with van der Waals surface area (Å²) in [6, 6.07) is 11.1. The van der Waals surface area contributed by atoms with Crippen molar-refractivity contribution in [3.8, 4) is 5.75 Å². The average Bonchev–Trinajstić information content (AvgIpc) is 2.90. The second kappa shape index (κ2) is 7.35. The van der Waals surface area contributed by atoms with E-state index in [0.29, 0.717) is 16.9 Å². The molecule has 0 bridgehead atoms. The molecule has 0 saturated carbocycles. The van der Waals surface area contributed by atoms with Gasteiger partial charge in [0, 0.05) is 0 Å². The number of hydrogen-bond acceptors (Lipinski definition) is 4. The quantitative estimate of drug-likeness (QED) is 0.635. The van der Waals surface area contributed by atoms with Crippen LogP contribution < -0.4 is 10.1 Å². The zero-order chi connectivity index (χ0) is 18.7. The van der Waals surface area contributed by atoms with Crippen molar-refractivity contribution in [3.05, 3.63) is 65.5 Å². The number of rotatable bonds is 6. The van der Waals surface area contributed by atoms with Crippen molar-refractivity contribution in [3.63, 3.8) is 0 Å². The van der Waals surface area contributed by atoms with Crippen LogP contribution >= 0.6 is 0 Å². The van der Waals surface area contributed by atoms with Crippen LogP contribution in [0.1, 0.15) is 27.6 Å². The van der Waals surface area contributed by atoms with E-state index in [2.05, 4.69) is 5.32 Å². The van der Waals surface area contributed by atoms with Gasteiger partial charge in [-0.05, 0) is 43.3 Å². The Labute approximate surface area is 149 Å². The molecule has 0 aromatic heterocycles. The summed E-state index contributed by atoms with van der Waals surface area (Å²) in [5.41, 5.74) is 0.605. The molecule has 1 aliphatic heterocycles. The Kier molecular flexibility index (Phi) is 4.97. The number of nitrogens with one attached hydrogen (secondary N) is 1. The first-order valence-corrected chi connectivity index (χ1v) is 8.12. The number of fused-ring (bicyclic) bond motifs is 1. The second-order valence-corrected chi connectivity index (χ2v) is 5.80. The first-order chi connectivity index (χ1) is 12.5. The Balaban J connectivity index is 1.53. The molecule has 1 atom stereocenters. The van der Waals surface area contributed by atoms with E-state index in [0.717, 1.165) is 4.90 Å². The van der Waals surface area contributed by atoms with Crippen molar-refractivity contribution in [2.45, 2.75) is 13.0 Å². The molecular formula is C19H17FN2O4. The molecule has 1 aliphatic rings. The summed E-state index contributed by atoms with van der Waals surface area (Å²) in [6.07, 6.45) is 0. The Hall–Kier alpha value is -3.22. The van der Waals surface area contributed by atoms with Crippen LogP contribution in [0.3, 0.4) is 0 Å². The third-order valence-electron chi connectivity index (χ3n) is 4.08. The summed E-state index contributed by atoms with van der Waals surface area (Å²) in [4.78, 5) is 38.0. The van der Waals surface area contributed by atoms with Gasteiger partial charge in [0.15, 0.2) is 0 Å². The zero-order valence-corrected chi connectivity index (χ0v) is 14.1. The van der Waals surface area contributed by atoms with Gasteiger partial charge >= 0.3 is 0 Å². The minimum atomic E-state index is -0.937. The SMILES string of the molecule is CC(C(=O)NCCOc1ccc(F)cc1)N1C(=O)c2ccccc2C1=O. The fourth-order valence-corrected chi connectivity index (χ4v) is 2.70. The van der Waals surface area contributed by atoms with Crippen molar-refractivity contribution in [1.82, 2.24) is 10.2 Å². The molecule has 0 spiro atoms. The molecule has 2 aromatic rings. The summed E-state index contributed by atoms with van der Waals surface area (Å²) in [7, 11) is 0. The number of carbonyl (C=O) groups excluding carboxylic acids is 3. The minimum absolute atomic E-state index is 0.173. The molecule has 1 heterocycles. The van der Waals surface area contributed by atoms with Crippen LogP contribution in [0.5, 0.6) is 5.75 Å². The molecule has 1 N–H and O–H groups in total. The maximum absolute atomic E-state index is 12.8. The second-order valence-electron chi connectivity index (χ2n) is 5.80. The predicted octanol–water partition coefficient (Wildman–Crippen LogP) is 2.01. The van der Waals surface area contributed by atoms with Gasteiger partial charge in [-0.1, -0.05) is 12.1 Å². The molecule has 7 heteroatoms. The summed E-state index contributed by atoms with van der Waals surface area (Å²) in [6.45, 7) is 1.85. The van der Waals surface area contributed by atoms with E-state index in [-0.39, 0.29) is 19.0 Å². The van der Waals surface area contributed by atoms with E-state index in [1.54, 1.807) is 24.3 Å². The van der Waals surface area contributed by atoms with Gasteiger partial charge in [0.2, 0.25) is 5.91 Å². The molecule has 0 saturated heterocycles. The first-order valence-electron chi connectivity index (χ1n) is 8.12. The van der Waals surface area contributed by atoms with Crippen molar-refractivity contribution in [2.24, 2.45) is 0 Å². The van der Waals surface area contributed by atoms with Crippen molar-refractivity contribution in [1.29, 1.82) is 0 Å². The van der Waals surface area contributed by atoms with Gasteiger partial charge in [-0.3, -0.25) is 19.3 Å². The van der Waals surface area contributed by atoms with E-state index in [1.165, 1.54) is 31.2 Å². The Bertz CT molecular complexity index is 816. The number of nitrogens with zero attached hydrogens (tertiary/aromatic N) is 1. The van der Waals surface area contributed by atoms with E-state index >= 15 is 0 Å². The van der Waals surface area contributed by atoms with E-state index in [4.69, 9.17) is 4.74 Å². The van der Waals surface area contributed by atoms with Crippen LogP contribution in [0.25, 0.3) is 0 Å². The molecule has 1 unspecified atom stereocenters. The highest BCUT2D eigenvalue weighted by Gasteiger charge is 2.40. The number of benzene rings is 2. The maximum Gasteiger partial charge on any atom is 0.262 e. The van der Waals surface area contributed by atoms with Crippen molar-refractivity contribution in [2.75, 3.05) is 13.2 Å². The number of hydrogen-bond donors (Lipinski definition) is 1. The standard InChI is InChI=1S/C19H17FN2O4/c1-12(22-18(24)15-4-2-3-5-16(15)19(22)25)17(23)21-10-11-26-14-8-6-13(20)7-9-14/h2-9,12H,10-11H2,1H3,(H,21,23). The molecule has 3 rings (SSSR count). The highest BCUT2D eigenvalue weighted by Crippen LogP contribution is 2.24. The predicted molar refractivity (Wildman–Crippen MR) is 91.3 cm³/mol. The molecule has 2 aromatic carbocycles. The summed E-state index contributed by atoms with van der Waals surface area (Å²) in [5, 5.41) is 2.62. The molecule has 0 radical (unpaired) electrons. The van der Waals surface area contributed by atoms with Crippen LogP contribution in [-0.2, 0) is 4.79 Å². The van der Waals surface area contributed by atoms with Crippen LogP contribution in [0.4, 0.5) is 4.39 Å². The van der Waals surface area contributed by atoms with Gasteiger partial charge in [-0.25, -0.2) is 4.39 Å². The number of amides is 3. The molecular weight excluding hydrogens is 339 g/mol. The van der Waals surface area contributed by atoms with Gasteiger partial charge in [0.1, 0.15) is 24.2 Å². The third kappa shape index (κ3) is 3.42.